The van der Waals surface area contributed by atoms with E-state index >= 15 is 0 Å². The van der Waals surface area contributed by atoms with Crippen molar-refractivity contribution < 1.29 is 4.79 Å². The van der Waals surface area contributed by atoms with E-state index in [1.807, 2.05) is 55.3 Å². The minimum absolute atomic E-state index is 0.0131. The molecule has 2 aromatic heterocycles. The molecule has 1 atom stereocenters. The predicted octanol–water partition coefficient (Wildman–Crippen LogP) is 3.35. The van der Waals surface area contributed by atoms with Crippen LogP contribution in [-0.2, 0) is 0 Å². The number of fused-ring (bicyclic) bond motifs is 1. The van der Waals surface area contributed by atoms with Crippen molar-refractivity contribution in [1.29, 1.82) is 0 Å². The molecule has 4 rings (SSSR count). The Morgan fingerprint density at radius 1 is 1.23 bits per heavy atom. The number of likely N-dealkylation sites (tertiary alicyclic amines) is 1. The van der Waals surface area contributed by atoms with E-state index in [-0.39, 0.29) is 11.9 Å². The molecule has 1 aliphatic rings. The lowest BCUT2D eigenvalue weighted by molar-refractivity contribution is 0.0733. The highest BCUT2D eigenvalue weighted by molar-refractivity contribution is 5.98. The molecule has 1 fully saturated rings. The summed E-state index contributed by atoms with van der Waals surface area (Å²) in [7, 11) is 1.84. The van der Waals surface area contributed by atoms with Crippen LogP contribution in [-0.4, -0.2) is 39.4 Å². The molecule has 0 saturated carbocycles. The molecule has 0 spiro atoms. The number of carbonyl (C=O) groups is 1. The summed E-state index contributed by atoms with van der Waals surface area (Å²) in [5.41, 5.74) is 2.49. The molecule has 1 aromatic carbocycles. The maximum Gasteiger partial charge on any atom is 0.254 e. The van der Waals surface area contributed by atoms with Crippen LogP contribution < -0.4 is 5.32 Å². The molecule has 1 aliphatic heterocycles. The Bertz CT molecular complexity index is 971. The van der Waals surface area contributed by atoms with Crippen molar-refractivity contribution in [2.24, 2.45) is 0 Å². The maximum absolute atomic E-state index is 13.2. The van der Waals surface area contributed by atoms with Gasteiger partial charge in [0.1, 0.15) is 11.6 Å². The topological polar surface area (TPSA) is 71.0 Å². The van der Waals surface area contributed by atoms with Crippen molar-refractivity contribution >= 4 is 22.6 Å². The van der Waals surface area contributed by atoms with Crippen LogP contribution in [0.2, 0.25) is 0 Å². The minimum atomic E-state index is -0.0131. The summed E-state index contributed by atoms with van der Waals surface area (Å²) in [4.78, 5) is 28.3. The van der Waals surface area contributed by atoms with E-state index in [0.29, 0.717) is 11.4 Å². The zero-order valence-corrected chi connectivity index (χ0v) is 14.9. The molecule has 0 aliphatic carbocycles. The zero-order valence-electron chi connectivity index (χ0n) is 14.9. The molecule has 0 bridgehead atoms. The average molecular weight is 347 g/mol. The first-order valence-corrected chi connectivity index (χ1v) is 8.85. The monoisotopic (exact) mass is 347 g/mol. The Hall–Kier alpha value is -3.02. The third kappa shape index (κ3) is 2.98. The lowest BCUT2D eigenvalue weighted by atomic mass is 10.1. The van der Waals surface area contributed by atoms with Crippen LogP contribution in [0.1, 0.15) is 40.8 Å². The first kappa shape index (κ1) is 16.4. The fourth-order valence-corrected chi connectivity index (χ4v) is 3.58. The molecule has 132 valence electrons. The number of amides is 1. The number of aryl methyl sites for hydroxylation is 1. The van der Waals surface area contributed by atoms with E-state index in [2.05, 4.69) is 20.3 Å². The molecule has 6 nitrogen and oxygen atoms in total. The van der Waals surface area contributed by atoms with Crippen molar-refractivity contribution in [2.75, 3.05) is 18.9 Å². The molecule has 0 radical (unpaired) electrons. The zero-order chi connectivity index (χ0) is 18.1. The summed E-state index contributed by atoms with van der Waals surface area (Å²) < 4.78 is 0. The number of hydrogen-bond donors (Lipinski definition) is 1. The van der Waals surface area contributed by atoms with Gasteiger partial charge in [-0.1, -0.05) is 6.07 Å². The molecule has 1 N–H and O–H groups in total. The summed E-state index contributed by atoms with van der Waals surface area (Å²) in [6.45, 7) is 2.62. The second-order valence-corrected chi connectivity index (χ2v) is 6.54. The number of rotatable bonds is 3. The molecule has 1 saturated heterocycles. The van der Waals surface area contributed by atoms with Gasteiger partial charge < -0.3 is 10.2 Å². The van der Waals surface area contributed by atoms with Crippen LogP contribution in [0.3, 0.4) is 0 Å². The highest BCUT2D eigenvalue weighted by Crippen LogP contribution is 2.33. The highest BCUT2D eigenvalue weighted by Gasteiger charge is 2.32. The predicted molar refractivity (Wildman–Crippen MR) is 101 cm³/mol. The number of nitrogens with zero attached hydrogens (tertiary/aromatic N) is 4. The van der Waals surface area contributed by atoms with E-state index < -0.39 is 0 Å². The number of benzene rings is 1. The number of nitrogens with one attached hydrogen (secondary N) is 1. The van der Waals surface area contributed by atoms with Gasteiger partial charge in [-0.15, -0.1) is 0 Å². The number of hydrogen-bond acceptors (Lipinski definition) is 5. The largest absolute Gasteiger partial charge is 0.373 e. The summed E-state index contributed by atoms with van der Waals surface area (Å²) >= 11 is 0. The van der Waals surface area contributed by atoms with Crippen LogP contribution in [0.25, 0.3) is 10.9 Å². The number of carbonyl (C=O) groups excluding carboxylic acids is 1. The summed E-state index contributed by atoms with van der Waals surface area (Å²) in [6.07, 6.45) is 3.65. The normalized spacial score (nSPS) is 16.8. The molecule has 1 amide bonds. The van der Waals surface area contributed by atoms with Gasteiger partial charge in [-0.3, -0.25) is 9.78 Å². The molecule has 3 aromatic rings. The first-order chi connectivity index (χ1) is 12.7. The number of aromatic nitrogens is 3. The van der Waals surface area contributed by atoms with Gasteiger partial charge in [0.25, 0.3) is 5.91 Å². The van der Waals surface area contributed by atoms with Crippen LogP contribution in [0.4, 0.5) is 5.82 Å². The van der Waals surface area contributed by atoms with Gasteiger partial charge in [-0.2, -0.15) is 0 Å². The highest BCUT2D eigenvalue weighted by atomic mass is 16.2. The number of anilines is 1. The summed E-state index contributed by atoms with van der Waals surface area (Å²) in [5, 5.41) is 4.04. The summed E-state index contributed by atoms with van der Waals surface area (Å²) in [5.74, 6) is 1.53. The Morgan fingerprint density at radius 2 is 2.12 bits per heavy atom. The second-order valence-electron chi connectivity index (χ2n) is 6.54. The number of pyridine rings is 1. The van der Waals surface area contributed by atoms with Crippen molar-refractivity contribution in [3.05, 3.63) is 59.7 Å². The molecular weight excluding hydrogens is 326 g/mol. The first-order valence-electron chi connectivity index (χ1n) is 8.85. The third-order valence-corrected chi connectivity index (χ3v) is 4.82. The Balaban J connectivity index is 1.67. The van der Waals surface area contributed by atoms with Gasteiger partial charge in [0.15, 0.2) is 0 Å². The lowest BCUT2D eigenvalue weighted by Gasteiger charge is -2.25. The molecule has 0 unspecified atom stereocenters. The summed E-state index contributed by atoms with van der Waals surface area (Å²) in [6, 6.07) is 11.5. The fourth-order valence-electron chi connectivity index (χ4n) is 3.58. The van der Waals surface area contributed by atoms with Crippen molar-refractivity contribution in [3.8, 4) is 0 Å². The quantitative estimate of drug-likeness (QED) is 0.787. The third-order valence-electron chi connectivity index (χ3n) is 4.82. The van der Waals surface area contributed by atoms with E-state index in [1.165, 1.54) is 0 Å². The van der Waals surface area contributed by atoms with E-state index in [9.17, 15) is 4.79 Å². The second kappa shape index (κ2) is 6.71. The van der Waals surface area contributed by atoms with Gasteiger partial charge in [-0.05, 0) is 44.0 Å². The van der Waals surface area contributed by atoms with Crippen LogP contribution in [0.15, 0.2) is 42.6 Å². The standard InChI is InChI=1S/C20H21N5O/c1-13-23-17(12-19(21-2)24-13)18-6-4-10-25(18)20(26)15-7-8-16-14(11-15)5-3-9-22-16/h3,5,7-9,11-12,18H,4,6,10H2,1-2H3,(H,21,23,24)/t18-/m1/s1. The van der Waals surface area contributed by atoms with Gasteiger partial charge >= 0.3 is 0 Å². The van der Waals surface area contributed by atoms with Crippen molar-refractivity contribution in [2.45, 2.75) is 25.8 Å². The van der Waals surface area contributed by atoms with Crippen LogP contribution >= 0.6 is 0 Å². The Morgan fingerprint density at radius 3 is 2.96 bits per heavy atom. The van der Waals surface area contributed by atoms with Crippen LogP contribution in [0.5, 0.6) is 0 Å². The van der Waals surface area contributed by atoms with Crippen LogP contribution in [0, 0.1) is 6.92 Å². The lowest BCUT2D eigenvalue weighted by Crippen LogP contribution is -2.31. The van der Waals surface area contributed by atoms with E-state index in [1.54, 1.807) is 6.20 Å². The maximum atomic E-state index is 13.2. The fraction of sp³-hybridized carbons (Fsp3) is 0.300. The molecule has 6 heteroatoms. The van der Waals surface area contributed by atoms with Gasteiger partial charge in [-0.25, -0.2) is 9.97 Å². The van der Waals surface area contributed by atoms with Gasteiger partial charge in [0.05, 0.1) is 17.3 Å². The van der Waals surface area contributed by atoms with Gasteiger partial charge in [0, 0.05) is 36.8 Å². The van der Waals surface area contributed by atoms with Crippen molar-refractivity contribution in [1.82, 2.24) is 19.9 Å². The van der Waals surface area contributed by atoms with E-state index in [0.717, 1.165) is 41.8 Å². The Kier molecular flexibility index (Phi) is 4.24. The molecule has 3 heterocycles. The van der Waals surface area contributed by atoms with E-state index in [4.69, 9.17) is 0 Å². The minimum Gasteiger partial charge on any atom is -0.373 e. The SMILES string of the molecule is CNc1cc([C@H]2CCCN2C(=O)c2ccc3ncccc3c2)nc(C)n1. The average Bonchev–Trinajstić information content (AvgIpc) is 3.16. The smallest absolute Gasteiger partial charge is 0.254 e. The molecular formula is C20H21N5O. The molecule has 26 heavy (non-hydrogen) atoms. The van der Waals surface area contributed by atoms with Gasteiger partial charge in [0.2, 0.25) is 0 Å². The Labute approximate surface area is 152 Å². The van der Waals surface area contributed by atoms with Crippen molar-refractivity contribution in [3.63, 3.8) is 0 Å².